The van der Waals surface area contributed by atoms with E-state index in [1.165, 1.54) is 5.56 Å². The summed E-state index contributed by atoms with van der Waals surface area (Å²) >= 11 is 0. The Kier molecular flexibility index (Phi) is 7.28. The average Bonchev–Trinajstić information content (AvgIpc) is 3.28. The molecule has 1 aliphatic rings. The minimum atomic E-state index is 0.0594. The normalized spacial score (nSPS) is 17.9. The first-order valence-corrected chi connectivity index (χ1v) is 10.4. The lowest BCUT2D eigenvalue weighted by molar-refractivity contribution is -0.00255. The lowest BCUT2D eigenvalue weighted by atomic mass is 9.89. The molecule has 0 bridgehead atoms. The molecule has 158 valence electrons. The molecule has 1 fully saturated rings. The van der Waals surface area contributed by atoms with Crippen molar-refractivity contribution in [2.45, 2.75) is 38.3 Å². The average molecular weight is 399 g/mol. The molecule has 2 heterocycles. The maximum Gasteiger partial charge on any atom is 0.191 e. The van der Waals surface area contributed by atoms with Crippen molar-refractivity contribution in [3.05, 3.63) is 48.3 Å². The third kappa shape index (κ3) is 5.36. The largest absolute Gasteiger partial charge is 0.381 e. The van der Waals surface area contributed by atoms with Crippen LogP contribution in [0.5, 0.6) is 0 Å². The van der Waals surface area contributed by atoms with Crippen LogP contribution in [0.1, 0.15) is 38.3 Å². The molecule has 1 saturated heterocycles. The van der Waals surface area contributed by atoms with Gasteiger partial charge in [0.1, 0.15) is 0 Å². The molecule has 1 aromatic carbocycles. The van der Waals surface area contributed by atoms with Crippen molar-refractivity contribution >= 4 is 5.96 Å². The lowest BCUT2D eigenvalue weighted by Gasteiger charge is -2.41. The molecule has 0 aliphatic carbocycles. The van der Waals surface area contributed by atoms with E-state index in [2.05, 4.69) is 72.8 Å². The summed E-state index contributed by atoms with van der Waals surface area (Å²) < 4.78 is 7.46. The van der Waals surface area contributed by atoms with Crippen molar-refractivity contribution in [1.29, 1.82) is 0 Å². The molecular weight excluding hydrogens is 364 g/mol. The SMILES string of the molecule is CCNC(=NCC1(N(C)C)CCOCC1)NC(C)c1cccc(-n2cccn2)c1. The maximum atomic E-state index is 5.58. The molecule has 1 unspecified atom stereocenters. The minimum absolute atomic E-state index is 0.0594. The summed E-state index contributed by atoms with van der Waals surface area (Å²) in [6.07, 6.45) is 5.76. The van der Waals surface area contributed by atoms with E-state index in [4.69, 9.17) is 9.73 Å². The van der Waals surface area contributed by atoms with Crippen LogP contribution in [0.3, 0.4) is 0 Å². The summed E-state index contributed by atoms with van der Waals surface area (Å²) in [5.74, 6) is 0.845. The number of nitrogens with one attached hydrogen (secondary N) is 2. The Morgan fingerprint density at radius 1 is 1.31 bits per heavy atom. The van der Waals surface area contributed by atoms with E-state index in [9.17, 15) is 0 Å². The highest BCUT2D eigenvalue weighted by Crippen LogP contribution is 2.26. The summed E-state index contributed by atoms with van der Waals surface area (Å²) in [4.78, 5) is 7.25. The summed E-state index contributed by atoms with van der Waals surface area (Å²) in [7, 11) is 4.29. The van der Waals surface area contributed by atoms with Crippen LogP contribution >= 0.6 is 0 Å². The van der Waals surface area contributed by atoms with Gasteiger partial charge in [0.25, 0.3) is 0 Å². The van der Waals surface area contributed by atoms with Crippen LogP contribution in [-0.4, -0.2) is 66.6 Å². The van der Waals surface area contributed by atoms with Gasteiger partial charge in [-0.25, -0.2) is 4.68 Å². The Morgan fingerprint density at radius 3 is 2.76 bits per heavy atom. The number of guanidine groups is 1. The zero-order chi connectivity index (χ0) is 20.7. The minimum Gasteiger partial charge on any atom is -0.381 e. The Hall–Kier alpha value is -2.38. The number of likely N-dealkylation sites (N-methyl/N-ethyl adjacent to an activating group) is 1. The summed E-state index contributed by atoms with van der Waals surface area (Å²) in [5, 5.41) is 11.3. The highest BCUT2D eigenvalue weighted by Gasteiger charge is 2.34. The Morgan fingerprint density at radius 2 is 2.10 bits per heavy atom. The second-order valence-corrected chi connectivity index (χ2v) is 7.84. The molecule has 29 heavy (non-hydrogen) atoms. The van der Waals surface area contributed by atoms with Gasteiger partial charge < -0.3 is 20.3 Å². The molecule has 7 heteroatoms. The van der Waals surface area contributed by atoms with Crippen molar-refractivity contribution < 1.29 is 4.74 Å². The first-order chi connectivity index (χ1) is 14.0. The fourth-order valence-corrected chi connectivity index (χ4v) is 3.69. The number of aromatic nitrogens is 2. The van der Waals surface area contributed by atoms with Crippen molar-refractivity contribution in [2.75, 3.05) is 40.4 Å². The first kappa shape index (κ1) is 21.3. The molecule has 1 atom stereocenters. The number of benzene rings is 1. The molecule has 0 saturated carbocycles. The molecule has 2 N–H and O–H groups in total. The van der Waals surface area contributed by atoms with Crippen molar-refractivity contribution in [3.63, 3.8) is 0 Å². The molecule has 0 amide bonds. The number of hydrogen-bond acceptors (Lipinski definition) is 4. The monoisotopic (exact) mass is 398 g/mol. The molecule has 1 aliphatic heterocycles. The van der Waals surface area contributed by atoms with Crippen LogP contribution in [0.15, 0.2) is 47.7 Å². The van der Waals surface area contributed by atoms with Gasteiger partial charge in [0, 0.05) is 37.7 Å². The van der Waals surface area contributed by atoms with Crippen molar-refractivity contribution in [2.24, 2.45) is 4.99 Å². The number of aliphatic imine (C=N–C) groups is 1. The van der Waals surface area contributed by atoms with Gasteiger partial charge in [0.2, 0.25) is 0 Å². The van der Waals surface area contributed by atoms with Gasteiger partial charge in [-0.1, -0.05) is 12.1 Å². The predicted molar refractivity (Wildman–Crippen MR) is 118 cm³/mol. The quantitative estimate of drug-likeness (QED) is 0.554. The molecule has 0 spiro atoms. The van der Waals surface area contributed by atoms with E-state index in [1.807, 2.05) is 16.9 Å². The van der Waals surface area contributed by atoms with Crippen LogP contribution in [-0.2, 0) is 4.74 Å². The van der Waals surface area contributed by atoms with Gasteiger partial charge in [-0.3, -0.25) is 4.99 Å². The van der Waals surface area contributed by atoms with Gasteiger partial charge in [0.15, 0.2) is 5.96 Å². The first-order valence-electron chi connectivity index (χ1n) is 10.4. The Labute approximate surface area is 174 Å². The topological polar surface area (TPSA) is 66.7 Å². The van der Waals surface area contributed by atoms with Crippen molar-refractivity contribution in [1.82, 2.24) is 25.3 Å². The van der Waals surface area contributed by atoms with E-state index in [0.717, 1.165) is 50.8 Å². The van der Waals surface area contributed by atoms with Gasteiger partial charge in [0.05, 0.1) is 18.3 Å². The summed E-state index contributed by atoms with van der Waals surface area (Å²) in [6.45, 7) is 7.42. The fourth-order valence-electron chi connectivity index (χ4n) is 3.69. The maximum absolute atomic E-state index is 5.58. The molecule has 1 aromatic heterocycles. The van der Waals surface area contributed by atoms with Crippen LogP contribution in [0.25, 0.3) is 5.69 Å². The second kappa shape index (κ2) is 9.89. The third-order valence-electron chi connectivity index (χ3n) is 5.74. The highest BCUT2D eigenvalue weighted by molar-refractivity contribution is 5.80. The van der Waals surface area contributed by atoms with E-state index in [-0.39, 0.29) is 11.6 Å². The molecule has 0 radical (unpaired) electrons. The molecule has 7 nitrogen and oxygen atoms in total. The number of hydrogen-bond donors (Lipinski definition) is 2. The van der Waals surface area contributed by atoms with E-state index < -0.39 is 0 Å². The highest BCUT2D eigenvalue weighted by atomic mass is 16.5. The van der Waals surface area contributed by atoms with E-state index in [1.54, 1.807) is 6.20 Å². The standard InChI is InChI=1S/C22H34N6O/c1-5-23-21(24-17-22(27(3)4)10-14-29-15-11-22)26-18(2)19-8-6-9-20(16-19)28-13-7-12-25-28/h6-9,12-13,16,18H,5,10-11,14-15,17H2,1-4H3,(H2,23,24,26). The van der Waals surface area contributed by atoms with E-state index >= 15 is 0 Å². The Balaban J connectivity index is 1.72. The Bertz CT molecular complexity index is 780. The van der Waals surface area contributed by atoms with E-state index in [0.29, 0.717) is 0 Å². The van der Waals surface area contributed by atoms with Crippen molar-refractivity contribution in [3.8, 4) is 5.69 Å². The number of ether oxygens (including phenoxy) is 1. The summed E-state index contributed by atoms with van der Waals surface area (Å²) in [6, 6.07) is 10.5. The number of nitrogens with zero attached hydrogens (tertiary/aromatic N) is 4. The van der Waals surface area contributed by atoms with Crippen LogP contribution < -0.4 is 10.6 Å². The van der Waals surface area contributed by atoms with Gasteiger partial charge in [-0.05, 0) is 64.5 Å². The zero-order valence-corrected chi connectivity index (χ0v) is 18.1. The van der Waals surface area contributed by atoms with Crippen LogP contribution in [0.4, 0.5) is 0 Å². The predicted octanol–water partition coefficient (Wildman–Crippen LogP) is 2.60. The van der Waals surface area contributed by atoms with Gasteiger partial charge in [-0.2, -0.15) is 5.10 Å². The third-order valence-corrected chi connectivity index (χ3v) is 5.74. The fraction of sp³-hybridized carbons (Fsp3) is 0.545. The summed E-state index contributed by atoms with van der Waals surface area (Å²) in [5.41, 5.74) is 2.30. The van der Waals surface area contributed by atoms with Gasteiger partial charge >= 0.3 is 0 Å². The van der Waals surface area contributed by atoms with Crippen LogP contribution in [0, 0.1) is 0 Å². The van der Waals surface area contributed by atoms with Gasteiger partial charge in [-0.15, -0.1) is 0 Å². The molecular formula is C22H34N6O. The zero-order valence-electron chi connectivity index (χ0n) is 18.1. The van der Waals surface area contributed by atoms with Crippen LogP contribution in [0.2, 0.25) is 0 Å². The molecule has 3 rings (SSSR count). The number of rotatable bonds is 7. The lowest BCUT2D eigenvalue weighted by Crippen LogP contribution is -2.51. The molecule has 2 aromatic rings. The smallest absolute Gasteiger partial charge is 0.191 e. The second-order valence-electron chi connectivity index (χ2n) is 7.84.